The van der Waals surface area contributed by atoms with Crippen LogP contribution >= 0.6 is 25.3 Å². The van der Waals surface area contributed by atoms with Crippen molar-refractivity contribution < 1.29 is 9.53 Å². The minimum atomic E-state index is -1.73. The molecule has 0 aliphatic heterocycles. The molecule has 0 rings (SSSR count). The Balaban J connectivity index is 4.04. The van der Waals surface area contributed by atoms with Crippen molar-refractivity contribution in [3.05, 3.63) is 0 Å². The van der Waals surface area contributed by atoms with Crippen molar-refractivity contribution in [1.29, 1.82) is 0 Å². The molecule has 15 heavy (non-hydrogen) atoms. The van der Waals surface area contributed by atoms with Crippen molar-refractivity contribution in [2.24, 2.45) is 0 Å². The molecule has 0 aromatic heterocycles. The monoisotopic (exact) mass is 268 g/mol. The third kappa shape index (κ3) is 6.21. The molecule has 0 bridgehead atoms. The molecule has 0 saturated carbocycles. The van der Waals surface area contributed by atoms with Gasteiger partial charge in [0.2, 0.25) is 0 Å². The SMILES string of the molecule is CC(C)(C)[Si](C)(C)OC[C@@H](O)CC(S)S. The van der Waals surface area contributed by atoms with Crippen LogP contribution in [0.2, 0.25) is 18.1 Å². The molecule has 0 aromatic carbocycles. The number of rotatable bonds is 5. The zero-order valence-corrected chi connectivity index (χ0v) is 13.1. The first-order chi connectivity index (χ1) is 6.56. The summed E-state index contributed by atoms with van der Waals surface area (Å²) >= 11 is 8.24. The fourth-order valence-electron chi connectivity index (χ4n) is 0.832. The fraction of sp³-hybridized carbons (Fsp3) is 1.00. The average molecular weight is 269 g/mol. The Morgan fingerprint density at radius 2 is 1.73 bits per heavy atom. The Kier molecular flexibility index (Phi) is 6.29. The van der Waals surface area contributed by atoms with Crippen LogP contribution in [0.25, 0.3) is 0 Å². The van der Waals surface area contributed by atoms with E-state index in [2.05, 4.69) is 59.1 Å². The highest BCUT2D eigenvalue weighted by Gasteiger charge is 2.37. The van der Waals surface area contributed by atoms with Crippen molar-refractivity contribution in [1.82, 2.24) is 0 Å². The van der Waals surface area contributed by atoms with Crippen molar-refractivity contribution in [2.45, 2.75) is 56.0 Å². The van der Waals surface area contributed by atoms with E-state index >= 15 is 0 Å². The van der Waals surface area contributed by atoms with Crippen LogP contribution in [0.5, 0.6) is 0 Å². The first kappa shape index (κ1) is 15.8. The zero-order valence-electron chi connectivity index (χ0n) is 10.3. The third-order valence-electron chi connectivity index (χ3n) is 2.93. The van der Waals surface area contributed by atoms with Crippen LogP contribution in [-0.2, 0) is 4.43 Å². The number of aliphatic hydroxyl groups excluding tert-OH is 1. The van der Waals surface area contributed by atoms with E-state index in [1.807, 2.05) is 0 Å². The van der Waals surface area contributed by atoms with Gasteiger partial charge in [0, 0.05) is 4.58 Å². The summed E-state index contributed by atoms with van der Waals surface area (Å²) in [5.74, 6) is 0. The van der Waals surface area contributed by atoms with Gasteiger partial charge in [-0.3, -0.25) is 0 Å². The van der Waals surface area contributed by atoms with Crippen molar-refractivity contribution in [2.75, 3.05) is 6.61 Å². The molecular formula is C10H24O2S2Si. The van der Waals surface area contributed by atoms with Crippen molar-refractivity contribution in [3.8, 4) is 0 Å². The highest BCUT2D eigenvalue weighted by atomic mass is 32.2. The lowest BCUT2D eigenvalue weighted by atomic mass is 10.2. The van der Waals surface area contributed by atoms with Gasteiger partial charge in [0.05, 0.1) is 12.7 Å². The summed E-state index contributed by atoms with van der Waals surface area (Å²) in [5, 5.41) is 9.84. The molecule has 0 aromatic rings. The number of hydrogen-bond acceptors (Lipinski definition) is 4. The molecule has 0 aliphatic carbocycles. The highest BCUT2D eigenvalue weighted by Crippen LogP contribution is 2.36. The normalized spacial score (nSPS) is 15.8. The lowest BCUT2D eigenvalue weighted by Gasteiger charge is -2.36. The molecule has 0 saturated heterocycles. The summed E-state index contributed by atoms with van der Waals surface area (Å²) in [6.45, 7) is 11.3. The van der Waals surface area contributed by atoms with E-state index in [-0.39, 0.29) is 9.62 Å². The maximum absolute atomic E-state index is 9.65. The van der Waals surface area contributed by atoms with Crippen molar-refractivity contribution in [3.63, 3.8) is 0 Å². The van der Waals surface area contributed by atoms with Crippen molar-refractivity contribution >= 4 is 33.6 Å². The Morgan fingerprint density at radius 1 is 1.27 bits per heavy atom. The van der Waals surface area contributed by atoms with Gasteiger partial charge in [-0.05, 0) is 24.6 Å². The van der Waals surface area contributed by atoms with E-state index in [1.54, 1.807) is 0 Å². The molecule has 0 heterocycles. The van der Waals surface area contributed by atoms with Gasteiger partial charge in [0.1, 0.15) is 0 Å². The minimum absolute atomic E-state index is 0.0805. The molecule has 0 unspecified atom stereocenters. The Morgan fingerprint density at radius 3 is 2.07 bits per heavy atom. The lowest BCUT2D eigenvalue weighted by molar-refractivity contribution is 0.0966. The first-order valence-electron chi connectivity index (χ1n) is 5.24. The standard InChI is InChI=1S/C10H24O2S2Si/c1-10(2,3)15(4,5)12-7-8(11)6-9(13)14/h8-9,11,13-14H,6-7H2,1-5H3/t8-/m0/s1. The average Bonchev–Trinajstić information content (AvgIpc) is 1.97. The number of thiol groups is 2. The van der Waals surface area contributed by atoms with Crippen LogP contribution in [0.1, 0.15) is 27.2 Å². The van der Waals surface area contributed by atoms with E-state index in [4.69, 9.17) is 4.43 Å². The van der Waals surface area contributed by atoms with Gasteiger partial charge >= 0.3 is 0 Å². The van der Waals surface area contributed by atoms with Gasteiger partial charge < -0.3 is 9.53 Å². The molecule has 0 fully saturated rings. The van der Waals surface area contributed by atoms with E-state index in [0.29, 0.717) is 13.0 Å². The molecule has 92 valence electrons. The maximum atomic E-state index is 9.65. The summed E-state index contributed by atoms with van der Waals surface area (Å²) < 4.78 is 5.80. The fourth-order valence-corrected chi connectivity index (χ4v) is 2.36. The van der Waals surface area contributed by atoms with Gasteiger partial charge in [-0.1, -0.05) is 20.8 Å². The van der Waals surface area contributed by atoms with Crippen LogP contribution in [0, 0.1) is 0 Å². The highest BCUT2D eigenvalue weighted by molar-refractivity contribution is 7.99. The molecule has 0 spiro atoms. The predicted molar refractivity (Wildman–Crippen MR) is 75.5 cm³/mol. The molecule has 0 amide bonds. The van der Waals surface area contributed by atoms with Gasteiger partial charge in [0.25, 0.3) is 0 Å². The van der Waals surface area contributed by atoms with Crippen LogP contribution < -0.4 is 0 Å². The van der Waals surface area contributed by atoms with Gasteiger partial charge in [0.15, 0.2) is 8.32 Å². The number of hydrogen-bond donors (Lipinski definition) is 3. The zero-order chi connectivity index (χ0) is 12.3. The topological polar surface area (TPSA) is 29.5 Å². The summed E-state index contributed by atoms with van der Waals surface area (Å²) in [4.78, 5) is 0. The molecule has 1 N–H and O–H groups in total. The maximum Gasteiger partial charge on any atom is 0.192 e. The Labute approximate surface area is 106 Å². The first-order valence-corrected chi connectivity index (χ1v) is 9.18. The summed E-state index contributed by atoms with van der Waals surface area (Å²) in [6.07, 6.45) is 0.0973. The second-order valence-electron chi connectivity index (χ2n) is 5.44. The van der Waals surface area contributed by atoms with Crippen LogP contribution in [0.3, 0.4) is 0 Å². The van der Waals surface area contributed by atoms with E-state index in [9.17, 15) is 5.11 Å². The van der Waals surface area contributed by atoms with E-state index in [0.717, 1.165) is 0 Å². The predicted octanol–water partition coefficient (Wildman–Crippen LogP) is 2.94. The third-order valence-corrected chi connectivity index (χ3v) is 7.85. The van der Waals surface area contributed by atoms with Crippen LogP contribution in [0.15, 0.2) is 0 Å². The quantitative estimate of drug-likeness (QED) is 0.407. The summed E-state index contributed by atoms with van der Waals surface area (Å²) in [5.41, 5.74) is 0. The second-order valence-corrected chi connectivity index (χ2v) is 11.9. The Bertz CT molecular complexity index is 190. The number of aliphatic hydroxyl groups is 1. The van der Waals surface area contributed by atoms with Gasteiger partial charge in [-0.25, -0.2) is 0 Å². The summed E-state index contributed by atoms with van der Waals surface area (Å²) in [7, 11) is -1.73. The van der Waals surface area contributed by atoms with Crippen LogP contribution in [0.4, 0.5) is 0 Å². The molecular weight excluding hydrogens is 244 g/mol. The Hall–Kier alpha value is 0.837. The van der Waals surface area contributed by atoms with Crippen LogP contribution in [-0.4, -0.2) is 30.7 Å². The van der Waals surface area contributed by atoms with Gasteiger partial charge in [-0.15, -0.1) is 0 Å². The lowest BCUT2D eigenvalue weighted by Crippen LogP contribution is -2.42. The minimum Gasteiger partial charge on any atom is -0.414 e. The van der Waals surface area contributed by atoms with Gasteiger partial charge in [-0.2, -0.15) is 25.3 Å². The molecule has 0 aliphatic rings. The molecule has 5 heteroatoms. The second kappa shape index (κ2) is 5.96. The van der Waals surface area contributed by atoms with E-state index < -0.39 is 14.4 Å². The summed E-state index contributed by atoms with van der Waals surface area (Å²) in [6, 6.07) is 0. The van der Waals surface area contributed by atoms with E-state index in [1.165, 1.54) is 0 Å². The molecule has 2 nitrogen and oxygen atoms in total. The smallest absolute Gasteiger partial charge is 0.192 e. The largest absolute Gasteiger partial charge is 0.414 e. The molecule has 1 atom stereocenters. The molecule has 0 radical (unpaired) electrons.